The van der Waals surface area contributed by atoms with E-state index in [0.717, 1.165) is 6.07 Å². The van der Waals surface area contributed by atoms with Gasteiger partial charge < -0.3 is 9.47 Å². The number of pyridine rings is 1. The average molecular weight is 499 g/mol. The summed E-state index contributed by atoms with van der Waals surface area (Å²) >= 11 is 7.87. The van der Waals surface area contributed by atoms with Crippen LogP contribution >= 0.6 is 34.2 Å². The van der Waals surface area contributed by atoms with Gasteiger partial charge in [0.05, 0.1) is 18.3 Å². The molecule has 0 radical (unpaired) electrons. The molecular weight excluding hydrogens is 488 g/mol. The predicted molar refractivity (Wildman–Crippen MR) is 96.7 cm³/mol. The number of halogens is 5. The molecule has 1 atom stereocenters. The summed E-state index contributed by atoms with van der Waals surface area (Å²) in [6, 6.07) is 6.60. The van der Waals surface area contributed by atoms with Crippen LogP contribution in [0.25, 0.3) is 0 Å². The van der Waals surface area contributed by atoms with Gasteiger partial charge in [0.25, 0.3) is 0 Å². The van der Waals surface area contributed by atoms with Crippen LogP contribution in [0.3, 0.4) is 0 Å². The lowest BCUT2D eigenvalue weighted by Gasteiger charge is -2.15. The van der Waals surface area contributed by atoms with Crippen molar-refractivity contribution in [3.63, 3.8) is 0 Å². The van der Waals surface area contributed by atoms with E-state index in [1.807, 2.05) is 22.6 Å². The molecule has 26 heavy (non-hydrogen) atoms. The van der Waals surface area contributed by atoms with Crippen molar-refractivity contribution in [1.82, 2.24) is 4.98 Å². The summed E-state index contributed by atoms with van der Waals surface area (Å²) in [6.07, 6.45) is -3.71. The third kappa shape index (κ3) is 4.14. The highest BCUT2D eigenvalue weighted by Gasteiger charge is 2.34. The molecule has 0 saturated carbocycles. The van der Waals surface area contributed by atoms with E-state index in [1.165, 1.54) is 35.4 Å². The summed E-state index contributed by atoms with van der Waals surface area (Å²) < 4.78 is 49.3. The van der Waals surface area contributed by atoms with Gasteiger partial charge in [-0.3, -0.25) is 4.90 Å². The fourth-order valence-corrected chi connectivity index (χ4v) is 3.20. The van der Waals surface area contributed by atoms with Gasteiger partial charge in [0, 0.05) is 10.6 Å². The summed E-state index contributed by atoms with van der Waals surface area (Å²) in [5.41, 5.74) is -0.996. The smallest absolute Gasteiger partial charge is 0.416 e. The fraction of sp³-hybridized carbons (Fsp3) is 0.250. The second-order valence-corrected chi connectivity index (χ2v) is 7.11. The van der Waals surface area contributed by atoms with Gasteiger partial charge in [-0.1, -0.05) is 17.7 Å². The molecule has 5 nitrogen and oxygen atoms in total. The molecule has 2 heterocycles. The Kier molecular flexibility index (Phi) is 5.47. The van der Waals surface area contributed by atoms with Crippen LogP contribution in [-0.4, -0.2) is 21.7 Å². The molecule has 1 aliphatic heterocycles. The number of cyclic esters (lactones) is 1. The van der Waals surface area contributed by atoms with Crippen LogP contribution in [0.5, 0.6) is 5.75 Å². The number of aromatic nitrogens is 1. The first-order valence-corrected chi connectivity index (χ1v) is 8.93. The van der Waals surface area contributed by atoms with Gasteiger partial charge in [-0.2, -0.15) is 13.2 Å². The van der Waals surface area contributed by atoms with Gasteiger partial charge in [0.2, 0.25) is 0 Å². The number of hydrogen-bond donors (Lipinski definition) is 0. The Morgan fingerprint density at radius 2 is 2.12 bits per heavy atom. The molecular formula is C16H11ClF3IN2O3. The molecule has 1 aliphatic rings. The lowest BCUT2D eigenvalue weighted by Crippen LogP contribution is -2.24. The van der Waals surface area contributed by atoms with E-state index in [9.17, 15) is 18.0 Å². The monoisotopic (exact) mass is 498 g/mol. The van der Waals surface area contributed by atoms with Crippen LogP contribution in [0.15, 0.2) is 36.5 Å². The Balaban J connectivity index is 1.73. The molecule has 1 aromatic heterocycles. The molecule has 3 rings (SSSR count). The number of amides is 1. The molecule has 0 spiro atoms. The minimum Gasteiger partial charge on any atom is -0.487 e. The normalized spacial score (nSPS) is 17.3. The molecule has 1 amide bonds. The van der Waals surface area contributed by atoms with E-state index < -0.39 is 17.8 Å². The van der Waals surface area contributed by atoms with Crippen molar-refractivity contribution in [2.24, 2.45) is 0 Å². The molecule has 1 saturated heterocycles. The molecule has 0 bridgehead atoms. The van der Waals surface area contributed by atoms with Crippen molar-refractivity contribution < 1.29 is 27.4 Å². The zero-order chi connectivity index (χ0) is 18.9. The standard InChI is InChI=1S/C16H11ClF3IN2O3/c17-12-3-1-2-11(16(18,19)20)10(12)8-25-9-4-5-14(22-6-9)23-7-13(21)26-15(23)24/h1-6,13H,7-8H2/t13-/m0/s1. The Morgan fingerprint density at radius 3 is 2.69 bits per heavy atom. The Morgan fingerprint density at radius 1 is 1.35 bits per heavy atom. The zero-order valence-corrected chi connectivity index (χ0v) is 15.9. The van der Waals surface area contributed by atoms with E-state index in [0.29, 0.717) is 12.4 Å². The molecule has 1 aromatic carbocycles. The zero-order valence-electron chi connectivity index (χ0n) is 13.0. The molecule has 138 valence electrons. The average Bonchev–Trinajstić information content (AvgIpc) is 2.91. The number of rotatable bonds is 4. The summed E-state index contributed by atoms with van der Waals surface area (Å²) in [5, 5.41) is -0.0303. The summed E-state index contributed by atoms with van der Waals surface area (Å²) in [5.74, 6) is 0.621. The number of benzene rings is 1. The van der Waals surface area contributed by atoms with Crippen molar-refractivity contribution in [3.8, 4) is 5.75 Å². The number of hydrogen-bond acceptors (Lipinski definition) is 4. The van der Waals surface area contributed by atoms with E-state index in [4.69, 9.17) is 21.1 Å². The first-order valence-electron chi connectivity index (χ1n) is 7.31. The number of carbonyl (C=O) groups is 1. The number of carbonyl (C=O) groups excluding carboxylic acids is 1. The minimum absolute atomic E-state index is 0.0303. The van der Waals surface area contributed by atoms with Crippen molar-refractivity contribution in [3.05, 3.63) is 52.7 Å². The van der Waals surface area contributed by atoms with Crippen molar-refractivity contribution in [2.45, 2.75) is 16.9 Å². The molecule has 0 unspecified atom stereocenters. The predicted octanol–water partition coefficient (Wildman–Crippen LogP) is 5.05. The lowest BCUT2D eigenvalue weighted by atomic mass is 10.1. The maximum atomic E-state index is 13.1. The summed E-state index contributed by atoms with van der Waals surface area (Å²) in [6.45, 7) is -0.00170. The highest BCUT2D eigenvalue weighted by molar-refractivity contribution is 14.1. The maximum absolute atomic E-state index is 13.1. The van der Waals surface area contributed by atoms with Crippen LogP contribution in [0.4, 0.5) is 23.8 Å². The molecule has 2 aromatic rings. The van der Waals surface area contributed by atoms with Crippen molar-refractivity contribution in [2.75, 3.05) is 11.4 Å². The Bertz CT molecular complexity index is 817. The highest BCUT2D eigenvalue weighted by Crippen LogP contribution is 2.35. The first-order chi connectivity index (χ1) is 12.3. The molecule has 1 fully saturated rings. The number of nitrogens with zero attached hydrogens (tertiary/aromatic N) is 2. The number of ether oxygens (including phenoxy) is 2. The second kappa shape index (κ2) is 7.47. The summed E-state index contributed by atoms with van der Waals surface area (Å²) in [7, 11) is 0. The molecule has 10 heteroatoms. The second-order valence-electron chi connectivity index (χ2n) is 5.31. The first kappa shape index (κ1) is 19.0. The third-order valence-corrected chi connectivity index (χ3v) is 4.58. The van der Waals surface area contributed by atoms with Gasteiger partial charge in [0.15, 0.2) is 4.11 Å². The minimum atomic E-state index is -4.53. The van der Waals surface area contributed by atoms with Crippen LogP contribution in [-0.2, 0) is 17.5 Å². The van der Waals surface area contributed by atoms with E-state index in [2.05, 4.69) is 4.98 Å². The van der Waals surface area contributed by atoms with Gasteiger partial charge in [-0.05, 0) is 46.9 Å². The lowest BCUT2D eigenvalue weighted by molar-refractivity contribution is -0.138. The van der Waals surface area contributed by atoms with Crippen molar-refractivity contribution >= 4 is 46.1 Å². The van der Waals surface area contributed by atoms with Crippen LogP contribution in [0.1, 0.15) is 11.1 Å². The largest absolute Gasteiger partial charge is 0.487 e. The number of alkyl halides is 4. The highest BCUT2D eigenvalue weighted by atomic mass is 127. The Labute approximate surface area is 165 Å². The van der Waals surface area contributed by atoms with Crippen LogP contribution in [0, 0.1) is 0 Å². The van der Waals surface area contributed by atoms with Gasteiger partial charge in [-0.15, -0.1) is 0 Å². The fourth-order valence-electron chi connectivity index (χ4n) is 2.36. The van der Waals surface area contributed by atoms with Crippen LogP contribution in [0.2, 0.25) is 5.02 Å². The molecule has 0 N–H and O–H groups in total. The van der Waals surface area contributed by atoms with Crippen molar-refractivity contribution in [1.29, 1.82) is 0 Å². The number of anilines is 1. The quantitative estimate of drug-likeness (QED) is 0.437. The topological polar surface area (TPSA) is 51.7 Å². The van der Waals surface area contributed by atoms with Gasteiger partial charge in [-0.25, -0.2) is 9.78 Å². The SMILES string of the molecule is O=C1O[C@H](I)CN1c1ccc(OCc2c(Cl)cccc2C(F)(F)F)cn1. The maximum Gasteiger partial charge on any atom is 0.416 e. The van der Waals surface area contributed by atoms with E-state index >= 15 is 0 Å². The van der Waals surface area contributed by atoms with Crippen LogP contribution < -0.4 is 9.64 Å². The third-order valence-electron chi connectivity index (χ3n) is 3.58. The van der Waals surface area contributed by atoms with E-state index in [1.54, 1.807) is 0 Å². The Hall–Kier alpha value is -1.75. The molecule has 0 aliphatic carbocycles. The van der Waals surface area contributed by atoms with Gasteiger partial charge >= 0.3 is 12.3 Å². The van der Waals surface area contributed by atoms with E-state index in [-0.39, 0.29) is 27.1 Å². The van der Waals surface area contributed by atoms with Gasteiger partial charge in [0.1, 0.15) is 18.2 Å². The summed E-state index contributed by atoms with van der Waals surface area (Å²) in [4.78, 5) is 17.1.